The Bertz CT molecular complexity index is 1140. The summed E-state index contributed by atoms with van der Waals surface area (Å²) in [7, 11) is -3.62. The average molecular weight is 420 g/mol. The Balaban J connectivity index is 1.51. The summed E-state index contributed by atoms with van der Waals surface area (Å²) in [5.41, 5.74) is 1.55. The van der Waals surface area contributed by atoms with Crippen LogP contribution in [0.1, 0.15) is 16.1 Å². The zero-order valence-electron chi connectivity index (χ0n) is 15.1. The number of halogens is 1. The number of nitrogens with zero attached hydrogens (tertiary/aromatic N) is 5. The number of rotatable bonds is 3. The zero-order chi connectivity index (χ0) is 19.9. The molecule has 0 spiro atoms. The maximum Gasteiger partial charge on any atom is 0.259 e. The number of carbonyl (C=O) groups excluding carboxylic acids is 1. The van der Waals surface area contributed by atoms with Crippen LogP contribution in [-0.2, 0) is 10.0 Å². The molecule has 0 radical (unpaired) electrons. The third kappa shape index (κ3) is 3.25. The van der Waals surface area contributed by atoms with Gasteiger partial charge >= 0.3 is 0 Å². The lowest BCUT2D eigenvalue weighted by atomic mass is 10.2. The van der Waals surface area contributed by atoms with E-state index in [1.807, 2.05) is 0 Å². The second-order valence-corrected chi connectivity index (χ2v) is 8.87. The minimum atomic E-state index is -3.62. The van der Waals surface area contributed by atoms with Crippen LogP contribution < -0.4 is 0 Å². The number of sulfonamides is 1. The molecule has 1 aliphatic rings. The fourth-order valence-corrected chi connectivity index (χ4v) is 4.84. The molecule has 0 bridgehead atoms. The standard InChI is InChI=1S/C18H18ClN5O3S/c1-13-16(17-20-7-2-8-24(17)21-13)18(25)22-9-11-23(12-10-22)28(26,27)15-5-3-14(19)4-6-15/h2-8H,9-12H2,1H3. The van der Waals surface area contributed by atoms with Crippen molar-refractivity contribution in [3.8, 4) is 0 Å². The van der Waals surface area contributed by atoms with Gasteiger partial charge in [-0.25, -0.2) is 17.9 Å². The molecule has 146 valence electrons. The van der Waals surface area contributed by atoms with Gasteiger partial charge in [-0.1, -0.05) is 11.6 Å². The molecule has 1 aromatic carbocycles. The quantitative estimate of drug-likeness (QED) is 0.646. The summed E-state index contributed by atoms with van der Waals surface area (Å²) in [5, 5.41) is 4.80. The van der Waals surface area contributed by atoms with Crippen LogP contribution in [-0.4, -0.2) is 64.3 Å². The van der Waals surface area contributed by atoms with E-state index in [9.17, 15) is 13.2 Å². The van der Waals surface area contributed by atoms with Crippen molar-refractivity contribution in [3.63, 3.8) is 0 Å². The molecule has 1 saturated heterocycles. The highest BCUT2D eigenvalue weighted by molar-refractivity contribution is 7.89. The summed E-state index contributed by atoms with van der Waals surface area (Å²) in [4.78, 5) is 19.1. The van der Waals surface area contributed by atoms with Crippen LogP contribution in [0.2, 0.25) is 5.02 Å². The lowest BCUT2D eigenvalue weighted by Gasteiger charge is -2.34. The van der Waals surface area contributed by atoms with E-state index in [2.05, 4.69) is 10.1 Å². The number of hydrogen-bond donors (Lipinski definition) is 0. The van der Waals surface area contributed by atoms with Crippen LogP contribution in [0.25, 0.3) is 5.65 Å². The molecule has 4 rings (SSSR count). The Hall–Kier alpha value is -2.49. The highest BCUT2D eigenvalue weighted by Gasteiger charge is 2.32. The lowest BCUT2D eigenvalue weighted by Crippen LogP contribution is -2.50. The van der Waals surface area contributed by atoms with Crippen LogP contribution in [0.15, 0.2) is 47.6 Å². The SMILES string of the molecule is Cc1nn2cccnc2c1C(=O)N1CCN(S(=O)(=O)c2ccc(Cl)cc2)CC1. The first kappa shape index (κ1) is 18.9. The molecule has 0 atom stereocenters. The summed E-state index contributed by atoms with van der Waals surface area (Å²) >= 11 is 5.84. The first-order valence-corrected chi connectivity index (χ1v) is 10.5. The number of amides is 1. The van der Waals surface area contributed by atoms with Gasteiger partial charge in [-0.05, 0) is 37.3 Å². The Labute approximate surface area is 167 Å². The molecular weight excluding hydrogens is 402 g/mol. The predicted octanol–water partition coefficient (Wildman–Crippen LogP) is 1.84. The van der Waals surface area contributed by atoms with E-state index in [4.69, 9.17) is 11.6 Å². The molecule has 0 aliphatic carbocycles. The van der Waals surface area contributed by atoms with Crippen LogP contribution in [0.5, 0.6) is 0 Å². The van der Waals surface area contributed by atoms with Gasteiger partial charge in [-0.15, -0.1) is 0 Å². The molecule has 1 amide bonds. The van der Waals surface area contributed by atoms with Gasteiger partial charge in [-0.3, -0.25) is 4.79 Å². The summed E-state index contributed by atoms with van der Waals surface area (Å²) in [6, 6.07) is 7.82. The Morgan fingerprint density at radius 1 is 1.11 bits per heavy atom. The highest BCUT2D eigenvalue weighted by Crippen LogP contribution is 2.21. The van der Waals surface area contributed by atoms with Gasteiger partial charge in [-0.2, -0.15) is 9.40 Å². The van der Waals surface area contributed by atoms with Crippen molar-refractivity contribution in [1.29, 1.82) is 0 Å². The van der Waals surface area contributed by atoms with Gasteiger partial charge in [0.05, 0.1) is 10.6 Å². The monoisotopic (exact) mass is 419 g/mol. The van der Waals surface area contributed by atoms with Gasteiger partial charge in [0.1, 0.15) is 5.56 Å². The van der Waals surface area contributed by atoms with E-state index < -0.39 is 10.0 Å². The van der Waals surface area contributed by atoms with E-state index in [1.54, 1.807) is 46.9 Å². The molecule has 3 heterocycles. The van der Waals surface area contributed by atoms with E-state index in [0.29, 0.717) is 35.0 Å². The van der Waals surface area contributed by atoms with Gasteiger partial charge in [0.25, 0.3) is 5.91 Å². The molecule has 10 heteroatoms. The molecule has 0 saturated carbocycles. The predicted molar refractivity (Wildman–Crippen MR) is 104 cm³/mol. The maximum atomic E-state index is 13.0. The Morgan fingerprint density at radius 2 is 1.79 bits per heavy atom. The summed E-state index contributed by atoms with van der Waals surface area (Å²) in [6.07, 6.45) is 3.35. The molecule has 0 unspecified atom stereocenters. The number of benzene rings is 1. The van der Waals surface area contributed by atoms with Crippen LogP contribution in [0.3, 0.4) is 0 Å². The van der Waals surface area contributed by atoms with Crippen molar-refractivity contribution < 1.29 is 13.2 Å². The van der Waals surface area contributed by atoms with Gasteiger partial charge in [0.2, 0.25) is 10.0 Å². The lowest BCUT2D eigenvalue weighted by molar-refractivity contribution is 0.0699. The van der Waals surface area contributed by atoms with Crippen molar-refractivity contribution in [1.82, 2.24) is 23.8 Å². The minimum absolute atomic E-state index is 0.185. The van der Waals surface area contributed by atoms with Crippen LogP contribution in [0, 0.1) is 6.92 Å². The Morgan fingerprint density at radius 3 is 2.46 bits per heavy atom. The fourth-order valence-electron chi connectivity index (χ4n) is 3.29. The third-order valence-corrected chi connectivity index (χ3v) is 6.93. The van der Waals surface area contributed by atoms with E-state index in [-0.39, 0.29) is 23.9 Å². The summed E-state index contributed by atoms with van der Waals surface area (Å²) in [6.45, 7) is 2.82. The van der Waals surface area contributed by atoms with E-state index in [1.165, 1.54) is 16.4 Å². The van der Waals surface area contributed by atoms with Crippen LogP contribution in [0.4, 0.5) is 0 Å². The second-order valence-electron chi connectivity index (χ2n) is 6.50. The molecule has 3 aromatic rings. The molecule has 0 N–H and O–H groups in total. The van der Waals surface area contributed by atoms with Gasteiger partial charge < -0.3 is 4.90 Å². The molecule has 1 aliphatic heterocycles. The highest BCUT2D eigenvalue weighted by atomic mass is 35.5. The molecule has 2 aromatic heterocycles. The fraction of sp³-hybridized carbons (Fsp3) is 0.278. The Kier molecular flexibility index (Phi) is 4.82. The summed E-state index contributed by atoms with van der Waals surface area (Å²) in [5.74, 6) is -0.185. The van der Waals surface area contributed by atoms with Crippen LogP contribution >= 0.6 is 11.6 Å². The third-order valence-electron chi connectivity index (χ3n) is 4.76. The normalized spacial score (nSPS) is 15.9. The van der Waals surface area contributed by atoms with Crippen molar-refractivity contribution >= 4 is 33.2 Å². The smallest absolute Gasteiger partial charge is 0.259 e. The number of aryl methyl sites for hydroxylation is 1. The largest absolute Gasteiger partial charge is 0.336 e. The molecule has 28 heavy (non-hydrogen) atoms. The van der Waals surface area contributed by atoms with Crippen molar-refractivity contribution in [2.75, 3.05) is 26.2 Å². The maximum absolute atomic E-state index is 13.0. The number of fused-ring (bicyclic) bond motifs is 1. The second kappa shape index (κ2) is 7.16. The van der Waals surface area contributed by atoms with Gasteiger partial charge in [0, 0.05) is 43.6 Å². The number of carbonyl (C=O) groups is 1. The zero-order valence-corrected chi connectivity index (χ0v) is 16.7. The number of piperazine rings is 1. The van der Waals surface area contributed by atoms with Gasteiger partial charge in [0.15, 0.2) is 5.65 Å². The molecule has 1 fully saturated rings. The van der Waals surface area contributed by atoms with Crippen molar-refractivity contribution in [3.05, 3.63) is 59.0 Å². The first-order valence-electron chi connectivity index (χ1n) is 8.73. The first-order chi connectivity index (χ1) is 13.4. The molecular formula is C18H18ClN5O3S. The van der Waals surface area contributed by atoms with Crippen molar-refractivity contribution in [2.24, 2.45) is 0 Å². The topological polar surface area (TPSA) is 87.9 Å². The van der Waals surface area contributed by atoms with E-state index >= 15 is 0 Å². The van der Waals surface area contributed by atoms with Crippen molar-refractivity contribution in [2.45, 2.75) is 11.8 Å². The van der Waals surface area contributed by atoms with E-state index in [0.717, 1.165) is 0 Å². The molecule has 8 nitrogen and oxygen atoms in total. The number of hydrogen-bond acceptors (Lipinski definition) is 5. The number of aromatic nitrogens is 3. The average Bonchev–Trinajstić information content (AvgIpc) is 3.03. The minimum Gasteiger partial charge on any atom is -0.336 e. The summed E-state index contributed by atoms with van der Waals surface area (Å²) < 4.78 is 28.5.